The van der Waals surface area contributed by atoms with Gasteiger partial charge in [0.1, 0.15) is 0 Å². The molecule has 2 aromatic heterocycles. The summed E-state index contributed by atoms with van der Waals surface area (Å²) in [5.41, 5.74) is 0.858. The highest BCUT2D eigenvalue weighted by Gasteiger charge is 2.20. The lowest BCUT2D eigenvalue weighted by Crippen LogP contribution is -1.99. The van der Waals surface area contributed by atoms with Gasteiger partial charge in [-0.05, 0) is 50.4 Å². The number of halogens is 2. The van der Waals surface area contributed by atoms with Crippen molar-refractivity contribution in [1.29, 1.82) is 0 Å². The van der Waals surface area contributed by atoms with Crippen LogP contribution in [0.25, 0.3) is 0 Å². The predicted octanol–water partition coefficient (Wildman–Crippen LogP) is 4.41. The SMILES string of the molecule is Cc1ccoc1C(=O)c1scc(Br)c1Br. The molecule has 0 bridgehead atoms. The minimum absolute atomic E-state index is 0.0833. The van der Waals surface area contributed by atoms with Gasteiger partial charge in [-0.25, -0.2) is 0 Å². The van der Waals surface area contributed by atoms with Gasteiger partial charge in [-0.2, -0.15) is 0 Å². The molecule has 0 saturated heterocycles. The monoisotopic (exact) mass is 348 g/mol. The first kappa shape index (κ1) is 11.1. The molecule has 2 rings (SSSR count). The highest BCUT2D eigenvalue weighted by atomic mass is 79.9. The van der Waals surface area contributed by atoms with Gasteiger partial charge in [0.15, 0.2) is 5.76 Å². The molecule has 78 valence electrons. The Balaban J connectivity index is 2.46. The van der Waals surface area contributed by atoms with E-state index in [0.29, 0.717) is 10.6 Å². The molecular weight excluding hydrogens is 344 g/mol. The van der Waals surface area contributed by atoms with E-state index < -0.39 is 0 Å². The fraction of sp³-hybridized carbons (Fsp3) is 0.100. The van der Waals surface area contributed by atoms with Gasteiger partial charge in [-0.3, -0.25) is 4.79 Å². The molecule has 0 aliphatic rings. The largest absolute Gasteiger partial charge is 0.461 e. The first-order valence-electron chi connectivity index (χ1n) is 4.12. The predicted molar refractivity (Wildman–Crippen MR) is 66.6 cm³/mol. The van der Waals surface area contributed by atoms with Crippen LogP contribution in [0.5, 0.6) is 0 Å². The first-order valence-corrected chi connectivity index (χ1v) is 6.59. The van der Waals surface area contributed by atoms with Gasteiger partial charge in [0.25, 0.3) is 0 Å². The lowest BCUT2D eigenvalue weighted by atomic mass is 10.2. The molecule has 2 heterocycles. The van der Waals surface area contributed by atoms with Crippen molar-refractivity contribution >= 4 is 49.0 Å². The van der Waals surface area contributed by atoms with Gasteiger partial charge < -0.3 is 4.42 Å². The van der Waals surface area contributed by atoms with Gasteiger partial charge in [-0.15, -0.1) is 11.3 Å². The Labute approximate surface area is 108 Å². The summed E-state index contributed by atoms with van der Waals surface area (Å²) >= 11 is 8.10. The minimum atomic E-state index is -0.0833. The summed E-state index contributed by atoms with van der Waals surface area (Å²) in [6.07, 6.45) is 1.53. The summed E-state index contributed by atoms with van der Waals surface area (Å²) in [6, 6.07) is 1.78. The van der Waals surface area contributed by atoms with Crippen molar-refractivity contribution in [1.82, 2.24) is 0 Å². The zero-order valence-electron chi connectivity index (χ0n) is 7.71. The number of rotatable bonds is 2. The van der Waals surface area contributed by atoms with Crippen LogP contribution in [-0.2, 0) is 0 Å². The van der Waals surface area contributed by atoms with Crippen LogP contribution >= 0.6 is 43.2 Å². The van der Waals surface area contributed by atoms with Crippen molar-refractivity contribution in [3.63, 3.8) is 0 Å². The Morgan fingerprint density at radius 1 is 1.47 bits per heavy atom. The Hall–Kier alpha value is -0.390. The zero-order chi connectivity index (χ0) is 11.0. The molecule has 0 unspecified atom stereocenters. The van der Waals surface area contributed by atoms with Crippen LogP contribution in [-0.4, -0.2) is 5.78 Å². The fourth-order valence-corrected chi connectivity index (χ4v) is 3.27. The lowest BCUT2D eigenvalue weighted by molar-refractivity contribution is 0.101. The summed E-state index contributed by atoms with van der Waals surface area (Å²) in [4.78, 5) is 12.7. The van der Waals surface area contributed by atoms with Gasteiger partial charge in [-0.1, -0.05) is 0 Å². The summed E-state index contributed by atoms with van der Waals surface area (Å²) in [5, 5.41) is 1.87. The highest BCUT2D eigenvalue weighted by molar-refractivity contribution is 9.13. The Bertz CT molecular complexity index is 513. The van der Waals surface area contributed by atoms with E-state index in [1.807, 2.05) is 12.3 Å². The molecule has 0 fully saturated rings. The summed E-state index contributed by atoms with van der Waals surface area (Å²) < 4.78 is 6.84. The lowest BCUT2D eigenvalue weighted by Gasteiger charge is -1.96. The number of thiophene rings is 1. The molecular formula is C10H6Br2O2S. The van der Waals surface area contributed by atoms with Gasteiger partial charge in [0, 0.05) is 9.85 Å². The van der Waals surface area contributed by atoms with Crippen molar-refractivity contribution in [3.8, 4) is 0 Å². The summed E-state index contributed by atoms with van der Waals surface area (Å²) in [7, 11) is 0. The topological polar surface area (TPSA) is 30.2 Å². The molecule has 0 atom stereocenters. The molecule has 0 spiro atoms. The number of hydrogen-bond donors (Lipinski definition) is 0. The zero-order valence-corrected chi connectivity index (χ0v) is 11.7. The maximum absolute atomic E-state index is 12.0. The van der Waals surface area contributed by atoms with Crippen molar-refractivity contribution in [3.05, 3.63) is 42.9 Å². The Morgan fingerprint density at radius 2 is 2.20 bits per heavy atom. The van der Waals surface area contributed by atoms with E-state index >= 15 is 0 Å². The second-order valence-corrected chi connectivity index (χ2v) is 5.52. The van der Waals surface area contributed by atoms with E-state index in [-0.39, 0.29) is 5.78 Å². The molecule has 0 amide bonds. The Morgan fingerprint density at radius 3 is 2.67 bits per heavy atom. The third kappa shape index (κ3) is 1.96. The average molecular weight is 350 g/mol. The third-order valence-corrected chi connectivity index (χ3v) is 5.49. The van der Waals surface area contributed by atoms with E-state index in [9.17, 15) is 4.79 Å². The maximum atomic E-state index is 12.0. The molecule has 0 N–H and O–H groups in total. The second kappa shape index (κ2) is 4.23. The normalized spacial score (nSPS) is 10.6. The van der Waals surface area contributed by atoms with Crippen LogP contribution in [0.4, 0.5) is 0 Å². The third-order valence-electron chi connectivity index (χ3n) is 1.96. The molecule has 2 nitrogen and oxygen atoms in total. The van der Waals surface area contributed by atoms with E-state index in [0.717, 1.165) is 14.5 Å². The van der Waals surface area contributed by atoms with E-state index in [1.165, 1.54) is 17.6 Å². The molecule has 15 heavy (non-hydrogen) atoms. The van der Waals surface area contributed by atoms with Crippen LogP contribution in [0, 0.1) is 6.92 Å². The summed E-state index contributed by atoms with van der Waals surface area (Å²) in [6.45, 7) is 1.85. The molecule has 0 aliphatic heterocycles. The molecule has 5 heteroatoms. The molecule has 2 aromatic rings. The van der Waals surface area contributed by atoms with Crippen LogP contribution in [0.15, 0.2) is 31.1 Å². The van der Waals surface area contributed by atoms with Crippen molar-refractivity contribution in [2.75, 3.05) is 0 Å². The number of carbonyl (C=O) groups is 1. The van der Waals surface area contributed by atoms with Crippen molar-refractivity contribution < 1.29 is 9.21 Å². The Kier molecular flexibility index (Phi) is 3.13. The quantitative estimate of drug-likeness (QED) is 0.752. The minimum Gasteiger partial charge on any atom is -0.461 e. The van der Waals surface area contributed by atoms with Gasteiger partial charge in [0.05, 0.1) is 15.6 Å². The first-order chi connectivity index (χ1) is 7.11. The maximum Gasteiger partial charge on any atom is 0.239 e. The second-order valence-electron chi connectivity index (χ2n) is 2.99. The average Bonchev–Trinajstić information content (AvgIpc) is 2.75. The van der Waals surface area contributed by atoms with E-state index in [2.05, 4.69) is 31.9 Å². The molecule has 0 saturated carbocycles. The number of hydrogen-bond acceptors (Lipinski definition) is 3. The van der Waals surface area contributed by atoms with Crippen molar-refractivity contribution in [2.24, 2.45) is 0 Å². The highest BCUT2D eigenvalue weighted by Crippen LogP contribution is 2.34. The summed E-state index contributed by atoms with van der Waals surface area (Å²) in [5.74, 6) is 0.324. The van der Waals surface area contributed by atoms with Gasteiger partial charge >= 0.3 is 0 Å². The van der Waals surface area contributed by atoms with Crippen LogP contribution < -0.4 is 0 Å². The number of furan rings is 1. The van der Waals surface area contributed by atoms with E-state index in [1.54, 1.807) is 6.07 Å². The van der Waals surface area contributed by atoms with E-state index in [4.69, 9.17) is 4.42 Å². The van der Waals surface area contributed by atoms with Crippen LogP contribution in [0.3, 0.4) is 0 Å². The fourth-order valence-electron chi connectivity index (χ4n) is 1.18. The van der Waals surface area contributed by atoms with Crippen LogP contribution in [0.2, 0.25) is 0 Å². The molecule has 0 radical (unpaired) electrons. The molecule has 0 aromatic carbocycles. The van der Waals surface area contributed by atoms with Gasteiger partial charge in [0.2, 0.25) is 5.78 Å². The number of aryl methyl sites for hydroxylation is 1. The van der Waals surface area contributed by atoms with Crippen LogP contribution in [0.1, 0.15) is 21.0 Å². The number of ketones is 1. The molecule has 0 aliphatic carbocycles. The smallest absolute Gasteiger partial charge is 0.239 e. The number of carbonyl (C=O) groups excluding carboxylic acids is 1. The van der Waals surface area contributed by atoms with Crippen molar-refractivity contribution in [2.45, 2.75) is 6.92 Å². The standard InChI is InChI=1S/C10H6Br2O2S/c1-5-2-3-14-9(5)8(13)10-7(12)6(11)4-15-10/h2-4H,1H3.